The molecule has 2 heterocycles. The maximum Gasteiger partial charge on any atom is 0.317 e. The first kappa shape index (κ1) is 18.4. The van der Waals surface area contributed by atoms with Crippen LogP contribution in [0.15, 0.2) is 29.1 Å². The van der Waals surface area contributed by atoms with Crippen molar-refractivity contribution >= 4 is 16.9 Å². The Labute approximate surface area is 152 Å². The summed E-state index contributed by atoms with van der Waals surface area (Å²) in [6.45, 7) is 4.60. The predicted octanol–water partition coefficient (Wildman–Crippen LogP) is 2.07. The molecule has 1 aromatic heterocycles. The number of benzene rings is 1. The van der Waals surface area contributed by atoms with Crippen LogP contribution < -0.4 is 10.9 Å². The third-order valence-electron chi connectivity index (χ3n) is 4.53. The Hall–Kier alpha value is -2.41. The lowest BCUT2D eigenvalue weighted by atomic mass is 10.2. The van der Waals surface area contributed by atoms with Gasteiger partial charge >= 0.3 is 6.03 Å². The summed E-state index contributed by atoms with van der Waals surface area (Å²) in [5.74, 6) is 0.579. The molecule has 1 aliphatic heterocycles. The van der Waals surface area contributed by atoms with Crippen molar-refractivity contribution < 1.29 is 9.53 Å². The van der Waals surface area contributed by atoms with E-state index in [0.717, 1.165) is 25.9 Å². The molecule has 140 valence electrons. The van der Waals surface area contributed by atoms with Crippen LogP contribution in [0.4, 0.5) is 4.79 Å². The van der Waals surface area contributed by atoms with Crippen molar-refractivity contribution in [3.63, 3.8) is 0 Å². The number of hydrogen-bond acceptors (Lipinski definition) is 4. The number of amides is 2. The fourth-order valence-electron chi connectivity index (χ4n) is 3.23. The highest BCUT2D eigenvalue weighted by atomic mass is 16.5. The van der Waals surface area contributed by atoms with Gasteiger partial charge in [-0.2, -0.15) is 0 Å². The number of aromatic nitrogens is 2. The molecule has 0 saturated carbocycles. The van der Waals surface area contributed by atoms with E-state index >= 15 is 0 Å². The summed E-state index contributed by atoms with van der Waals surface area (Å²) in [7, 11) is 0. The lowest BCUT2D eigenvalue weighted by molar-refractivity contribution is 0.0813. The van der Waals surface area contributed by atoms with Crippen LogP contribution in [-0.2, 0) is 11.2 Å². The normalized spacial score (nSPS) is 16.7. The van der Waals surface area contributed by atoms with Crippen LogP contribution in [0.1, 0.15) is 32.0 Å². The van der Waals surface area contributed by atoms with Gasteiger partial charge in [-0.05, 0) is 31.4 Å². The second-order valence-corrected chi connectivity index (χ2v) is 6.59. The van der Waals surface area contributed by atoms with Crippen molar-refractivity contribution in [1.29, 1.82) is 0 Å². The molecule has 2 aromatic rings. The maximum absolute atomic E-state index is 12.5. The van der Waals surface area contributed by atoms with E-state index in [1.165, 1.54) is 0 Å². The average Bonchev–Trinajstić information content (AvgIpc) is 3.14. The van der Waals surface area contributed by atoms with E-state index in [1.807, 2.05) is 23.1 Å². The van der Waals surface area contributed by atoms with Crippen molar-refractivity contribution in [2.24, 2.45) is 0 Å². The minimum absolute atomic E-state index is 0.0921. The number of carbonyl (C=O) groups is 1. The van der Waals surface area contributed by atoms with Crippen LogP contribution in [0.3, 0.4) is 0 Å². The zero-order valence-corrected chi connectivity index (χ0v) is 15.2. The molecule has 1 atom stereocenters. The first-order valence-corrected chi connectivity index (χ1v) is 9.29. The number of hydrogen-bond donors (Lipinski definition) is 2. The van der Waals surface area contributed by atoms with Gasteiger partial charge in [0.25, 0.3) is 5.56 Å². The maximum atomic E-state index is 12.5. The molecule has 7 heteroatoms. The predicted molar refractivity (Wildman–Crippen MR) is 100 cm³/mol. The van der Waals surface area contributed by atoms with E-state index in [9.17, 15) is 9.59 Å². The highest BCUT2D eigenvalue weighted by Crippen LogP contribution is 2.13. The van der Waals surface area contributed by atoms with Crippen molar-refractivity contribution in [2.45, 2.75) is 38.7 Å². The third kappa shape index (κ3) is 4.60. The Balaban J connectivity index is 1.55. The summed E-state index contributed by atoms with van der Waals surface area (Å²) in [6, 6.07) is 7.15. The van der Waals surface area contributed by atoms with E-state index in [1.54, 1.807) is 6.07 Å². The lowest BCUT2D eigenvalue weighted by Gasteiger charge is -2.25. The molecular formula is C19H26N4O3. The Morgan fingerprint density at radius 2 is 2.27 bits per heavy atom. The van der Waals surface area contributed by atoms with Gasteiger partial charge in [-0.3, -0.25) is 4.79 Å². The fourth-order valence-corrected chi connectivity index (χ4v) is 3.23. The fraction of sp³-hybridized carbons (Fsp3) is 0.526. The lowest BCUT2D eigenvalue weighted by Crippen LogP contribution is -2.44. The smallest absolute Gasteiger partial charge is 0.317 e. The van der Waals surface area contributed by atoms with Crippen LogP contribution in [0.5, 0.6) is 0 Å². The molecule has 0 spiro atoms. The van der Waals surface area contributed by atoms with Gasteiger partial charge in [-0.15, -0.1) is 0 Å². The SMILES string of the molecule is CCCN(CC1CCCO1)C(=O)NCCc1nc2ccccc2c(=O)[nH]1. The number of para-hydroxylation sites is 1. The van der Waals surface area contributed by atoms with Crippen molar-refractivity contribution in [1.82, 2.24) is 20.2 Å². The minimum atomic E-state index is -0.150. The number of aromatic amines is 1. The van der Waals surface area contributed by atoms with Gasteiger partial charge in [0.1, 0.15) is 5.82 Å². The van der Waals surface area contributed by atoms with Gasteiger partial charge in [0.2, 0.25) is 0 Å². The molecule has 26 heavy (non-hydrogen) atoms. The molecule has 1 aliphatic rings. The summed E-state index contributed by atoms with van der Waals surface area (Å²) in [5, 5.41) is 3.50. The van der Waals surface area contributed by atoms with E-state index in [0.29, 0.717) is 42.8 Å². The molecule has 2 N–H and O–H groups in total. The second-order valence-electron chi connectivity index (χ2n) is 6.59. The quantitative estimate of drug-likeness (QED) is 0.793. The highest BCUT2D eigenvalue weighted by Gasteiger charge is 2.21. The standard InChI is InChI=1S/C19H26N4O3/c1-2-11-23(13-14-6-5-12-26-14)19(25)20-10-9-17-21-16-8-4-3-7-15(16)18(24)22-17/h3-4,7-8,14H,2,5-6,9-13H2,1H3,(H,20,25)(H,21,22,24). The molecule has 3 rings (SSSR count). The molecule has 2 amide bonds. The highest BCUT2D eigenvalue weighted by molar-refractivity contribution is 5.77. The van der Waals surface area contributed by atoms with Crippen LogP contribution >= 0.6 is 0 Å². The summed E-state index contributed by atoms with van der Waals surface area (Å²) in [5.41, 5.74) is 0.520. The molecule has 0 aliphatic carbocycles. The summed E-state index contributed by atoms with van der Waals surface area (Å²) < 4.78 is 5.64. The van der Waals surface area contributed by atoms with Crippen molar-refractivity contribution in [3.05, 3.63) is 40.4 Å². The average molecular weight is 358 g/mol. The first-order chi connectivity index (χ1) is 12.7. The topological polar surface area (TPSA) is 87.3 Å². The Morgan fingerprint density at radius 3 is 3.04 bits per heavy atom. The van der Waals surface area contributed by atoms with Gasteiger partial charge in [-0.1, -0.05) is 19.1 Å². The number of nitrogens with zero attached hydrogens (tertiary/aromatic N) is 2. The molecular weight excluding hydrogens is 332 g/mol. The van der Waals surface area contributed by atoms with Crippen molar-refractivity contribution in [2.75, 3.05) is 26.2 Å². The zero-order valence-electron chi connectivity index (χ0n) is 15.2. The van der Waals surface area contributed by atoms with Crippen LogP contribution in [0.2, 0.25) is 0 Å². The van der Waals surface area contributed by atoms with Crippen LogP contribution in [-0.4, -0.2) is 53.2 Å². The zero-order chi connectivity index (χ0) is 18.4. The number of H-pyrrole nitrogens is 1. The van der Waals surface area contributed by atoms with Crippen LogP contribution in [0, 0.1) is 0 Å². The van der Waals surface area contributed by atoms with Gasteiger partial charge in [0.15, 0.2) is 0 Å². The number of carbonyl (C=O) groups excluding carboxylic acids is 1. The van der Waals surface area contributed by atoms with E-state index < -0.39 is 0 Å². The van der Waals surface area contributed by atoms with Gasteiger partial charge in [0.05, 0.1) is 17.0 Å². The Morgan fingerprint density at radius 1 is 1.42 bits per heavy atom. The van der Waals surface area contributed by atoms with E-state index in [-0.39, 0.29) is 17.7 Å². The monoisotopic (exact) mass is 358 g/mol. The molecule has 1 aromatic carbocycles. The summed E-state index contributed by atoms with van der Waals surface area (Å²) >= 11 is 0. The number of nitrogens with one attached hydrogen (secondary N) is 2. The Kier molecular flexibility index (Phi) is 6.22. The second kappa shape index (κ2) is 8.80. The van der Waals surface area contributed by atoms with Gasteiger partial charge in [0, 0.05) is 32.7 Å². The first-order valence-electron chi connectivity index (χ1n) is 9.29. The molecule has 1 unspecified atom stereocenters. The van der Waals surface area contributed by atoms with Gasteiger partial charge in [-0.25, -0.2) is 9.78 Å². The van der Waals surface area contributed by atoms with E-state index in [4.69, 9.17) is 4.74 Å². The minimum Gasteiger partial charge on any atom is -0.376 e. The number of urea groups is 1. The Bertz CT molecular complexity index is 799. The third-order valence-corrected chi connectivity index (χ3v) is 4.53. The molecule has 1 saturated heterocycles. The van der Waals surface area contributed by atoms with Crippen LogP contribution in [0.25, 0.3) is 10.9 Å². The van der Waals surface area contributed by atoms with E-state index in [2.05, 4.69) is 22.2 Å². The number of fused-ring (bicyclic) bond motifs is 1. The largest absolute Gasteiger partial charge is 0.376 e. The molecule has 1 fully saturated rings. The molecule has 7 nitrogen and oxygen atoms in total. The summed E-state index contributed by atoms with van der Waals surface area (Å²) in [6.07, 6.45) is 3.60. The molecule has 0 radical (unpaired) electrons. The molecule has 0 bridgehead atoms. The summed E-state index contributed by atoms with van der Waals surface area (Å²) in [4.78, 5) is 33.6. The van der Waals surface area contributed by atoms with Gasteiger partial charge < -0.3 is 19.9 Å². The number of ether oxygens (including phenoxy) is 1. The number of rotatable bonds is 7. The van der Waals surface area contributed by atoms with Crippen molar-refractivity contribution in [3.8, 4) is 0 Å².